The molecule has 3 fully saturated rings. The molecular formula is C81H129N25O15. The molecule has 40 heteroatoms. The summed E-state index contributed by atoms with van der Waals surface area (Å²) < 4.78 is 0. The third-order valence-corrected chi connectivity index (χ3v) is 21.8. The maximum absolute atomic E-state index is 15.2. The molecule has 3 aliphatic rings. The number of hydrogen-bond acceptors (Lipinski definition) is 22. The topological polar surface area (TPSA) is 662 Å². The SMILES string of the molecule is CC(C)C[C@@H]1NC(=O)[C@H](Cc2c[nH]c3ccccc23)NC(=O)[C@H]([C@@H](C)O)NC(=O)[C@@H]2CCCN2C(=O)[C@H]2CCCN2C(=O)[C@H](CCCCN)NC(=O)[C@H](C)NC(=O)[C@H](CCN)NC(=O)[C@H](CCCN)NC(=O)[C@H](Cc2c[nH]c3ccccc23)NC(=O)[C@H](CCCN=C(N)N)NC(=O)[C@@H](CCCCN)NC(=O)[C@H](CCCN)NC(=O)[C@H](CCN)NC1=O. The number of rotatable bonds is 29. The molecule has 7 rings (SSSR count). The Morgan fingerprint density at radius 2 is 0.760 bits per heavy atom. The minimum Gasteiger partial charge on any atom is -0.391 e. The van der Waals surface area contributed by atoms with Crippen molar-refractivity contribution in [2.75, 3.05) is 58.9 Å². The van der Waals surface area contributed by atoms with Gasteiger partial charge in [-0.3, -0.25) is 72.1 Å². The molecule has 668 valence electrons. The molecule has 40 nitrogen and oxygen atoms in total. The summed E-state index contributed by atoms with van der Waals surface area (Å²) in [7, 11) is 0. The molecule has 0 aliphatic carbocycles. The molecule has 14 amide bonds. The smallest absolute Gasteiger partial charge is 0.246 e. The lowest BCUT2D eigenvalue weighted by molar-refractivity contribution is -0.148. The van der Waals surface area contributed by atoms with Crippen LogP contribution in [-0.4, -0.2) is 263 Å². The van der Waals surface area contributed by atoms with Crippen LogP contribution in [0.25, 0.3) is 21.8 Å². The third kappa shape index (κ3) is 28.9. The summed E-state index contributed by atoms with van der Waals surface area (Å²) in [4.78, 5) is 221. The van der Waals surface area contributed by atoms with E-state index in [9.17, 15) is 53.1 Å². The van der Waals surface area contributed by atoms with Crippen molar-refractivity contribution in [1.29, 1.82) is 0 Å². The number of nitrogens with zero attached hydrogens (tertiary/aromatic N) is 3. The zero-order valence-electron chi connectivity index (χ0n) is 69.8. The van der Waals surface area contributed by atoms with Crippen LogP contribution >= 0.6 is 0 Å². The summed E-state index contributed by atoms with van der Waals surface area (Å²) in [5, 5.41) is 45.4. The number of aliphatic hydroxyl groups is 1. The average Bonchev–Trinajstić information content (AvgIpc) is 1.68. The maximum atomic E-state index is 15.2. The van der Waals surface area contributed by atoms with Crippen molar-refractivity contribution in [2.24, 2.45) is 56.8 Å². The highest BCUT2D eigenvalue weighted by Crippen LogP contribution is 2.28. The van der Waals surface area contributed by atoms with Crippen LogP contribution in [0.4, 0.5) is 0 Å². The molecule has 31 N–H and O–H groups in total. The largest absolute Gasteiger partial charge is 0.391 e. The van der Waals surface area contributed by atoms with Gasteiger partial charge in [-0.05, 0) is 204 Å². The lowest BCUT2D eigenvalue weighted by Crippen LogP contribution is -2.62. The fourth-order valence-corrected chi connectivity index (χ4v) is 15.3. The molecule has 3 saturated heterocycles. The second-order valence-corrected chi connectivity index (χ2v) is 31.7. The molecular weight excluding hydrogens is 1560 g/mol. The number of hydrogen-bond donors (Lipinski definition) is 23. The number of aliphatic hydroxyl groups excluding tert-OH is 1. The molecule has 15 atom stereocenters. The van der Waals surface area contributed by atoms with E-state index in [0.29, 0.717) is 65.0 Å². The second kappa shape index (κ2) is 49.1. The Kier molecular flexibility index (Phi) is 39.5. The quantitative estimate of drug-likeness (QED) is 0.0138. The molecule has 0 unspecified atom stereocenters. The average molecular weight is 1690 g/mol. The summed E-state index contributed by atoms with van der Waals surface area (Å²) in [5.41, 5.74) is 49.8. The molecule has 2 aromatic heterocycles. The van der Waals surface area contributed by atoms with Gasteiger partial charge in [0.2, 0.25) is 82.7 Å². The molecule has 2 aromatic carbocycles. The van der Waals surface area contributed by atoms with Crippen LogP contribution in [0.1, 0.15) is 161 Å². The van der Waals surface area contributed by atoms with Gasteiger partial charge >= 0.3 is 0 Å². The summed E-state index contributed by atoms with van der Waals surface area (Å²) in [6, 6.07) is -5.69. The number of nitrogens with one attached hydrogen (secondary N) is 14. The first kappa shape index (κ1) is 97.2. The van der Waals surface area contributed by atoms with E-state index in [1.165, 1.54) is 23.6 Å². The Morgan fingerprint density at radius 3 is 1.20 bits per heavy atom. The number of benzene rings is 2. The highest BCUT2D eigenvalue weighted by atomic mass is 16.3. The minimum atomic E-state index is -1.76. The van der Waals surface area contributed by atoms with E-state index in [-0.39, 0.29) is 174 Å². The number of aromatic amines is 2. The van der Waals surface area contributed by atoms with E-state index in [0.717, 1.165) is 0 Å². The van der Waals surface area contributed by atoms with Crippen molar-refractivity contribution in [3.63, 3.8) is 0 Å². The van der Waals surface area contributed by atoms with Gasteiger partial charge in [-0.1, -0.05) is 50.2 Å². The number of unbranched alkanes of at least 4 members (excludes halogenated alkanes) is 2. The highest BCUT2D eigenvalue weighted by Gasteiger charge is 2.46. The van der Waals surface area contributed by atoms with Crippen molar-refractivity contribution in [3.8, 4) is 0 Å². The predicted octanol–water partition coefficient (Wildman–Crippen LogP) is -4.82. The normalized spacial score (nSPS) is 25.5. The van der Waals surface area contributed by atoms with Gasteiger partial charge in [-0.25, -0.2) is 0 Å². The number of H-pyrrole nitrogens is 2. The van der Waals surface area contributed by atoms with Gasteiger partial charge in [0.15, 0.2) is 5.96 Å². The number of amides is 14. The maximum Gasteiger partial charge on any atom is 0.246 e. The molecule has 0 saturated carbocycles. The number of carbonyl (C=O) groups is 14. The lowest BCUT2D eigenvalue weighted by atomic mass is 9.99. The van der Waals surface area contributed by atoms with Crippen LogP contribution in [0, 0.1) is 5.92 Å². The number of nitrogens with two attached hydrogens (primary N) is 8. The van der Waals surface area contributed by atoms with Crippen molar-refractivity contribution >= 4 is 110 Å². The number of guanidine groups is 1. The van der Waals surface area contributed by atoms with E-state index in [1.807, 2.05) is 0 Å². The van der Waals surface area contributed by atoms with Gasteiger partial charge in [0, 0.05) is 66.7 Å². The van der Waals surface area contributed by atoms with Crippen LogP contribution in [0.5, 0.6) is 0 Å². The van der Waals surface area contributed by atoms with Crippen molar-refractivity contribution in [1.82, 2.24) is 83.6 Å². The van der Waals surface area contributed by atoms with Gasteiger partial charge in [0.1, 0.15) is 84.6 Å². The van der Waals surface area contributed by atoms with E-state index in [1.54, 1.807) is 74.8 Å². The molecule has 5 heterocycles. The van der Waals surface area contributed by atoms with Gasteiger partial charge in [-0.2, -0.15) is 0 Å². The predicted molar refractivity (Wildman–Crippen MR) is 453 cm³/mol. The number of fused-ring (bicyclic) bond motifs is 4. The zero-order valence-corrected chi connectivity index (χ0v) is 69.8. The first-order valence-electron chi connectivity index (χ1n) is 42.3. The first-order valence-corrected chi connectivity index (χ1v) is 42.3. The van der Waals surface area contributed by atoms with Crippen LogP contribution in [0.3, 0.4) is 0 Å². The van der Waals surface area contributed by atoms with Gasteiger partial charge < -0.3 is 135 Å². The van der Waals surface area contributed by atoms with Gasteiger partial charge in [0.05, 0.1) is 6.10 Å². The van der Waals surface area contributed by atoms with Gasteiger partial charge in [-0.15, -0.1) is 0 Å². The molecule has 3 aliphatic heterocycles. The second-order valence-electron chi connectivity index (χ2n) is 31.7. The number of para-hydroxylation sites is 2. The van der Waals surface area contributed by atoms with Gasteiger partial charge in [0.25, 0.3) is 0 Å². The van der Waals surface area contributed by atoms with E-state index in [2.05, 4.69) is 78.8 Å². The summed E-state index contributed by atoms with van der Waals surface area (Å²) in [6.07, 6.45) is 3.11. The van der Waals surface area contributed by atoms with Crippen LogP contribution in [0.2, 0.25) is 0 Å². The Hall–Kier alpha value is -10.9. The Morgan fingerprint density at radius 1 is 0.397 bits per heavy atom. The Balaban J connectivity index is 1.29. The van der Waals surface area contributed by atoms with E-state index < -0.39 is 173 Å². The monoisotopic (exact) mass is 1690 g/mol. The van der Waals surface area contributed by atoms with E-state index in [4.69, 9.17) is 45.9 Å². The Bertz CT molecular complexity index is 4190. The number of carbonyl (C=O) groups excluding carboxylic acids is 14. The van der Waals surface area contributed by atoms with Crippen LogP contribution in [-0.2, 0) is 80.0 Å². The summed E-state index contributed by atoms with van der Waals surface area (Å²) in [5.74, 6) is -12.5. The fourth-order valence-electron chi connectivity index (χ4n) is 15.3. The lowest BCUT2D eigenvalue weighted by Gasteiger charge is -2.34. The van der Waals surface area contributed by atoms with E-state index >= 15 is 19.2 Å². The summed E-state index contributed by atoms with van der Waals surface area (Å²) in [6.45, 7) is 6.38. The highest BCUT2D eigenvalue weighted by molar-refractivity contribution is 6.02. The molecule has 0 radical (unpaired) electrons. The molecule has 0 spiro atoms. The minimum absolute atomic E-state index is 0.0337. The Labute approximate surface area is 704 Å². The number of aliphatic imine (C=N–C) groups is 1. The molecule has 121 heavy (non-hydrogen) atoms. The molecule has 0 bridgehead atoms. The fraction of sp³-hybridized carbons (Fsp3) is 0.617. The van der Waals surface area contributed by atoms with Crippen molar-refractivity contribution in [3.05, 3.63) is 72.1 Å². The zero-order chi connectivity index (χ0) is 88.4. The van der Waals surface area contributed by atoms with Crippen molar-refractivity contribution in [2.45, 2.75) is 253 Å². The standard InChI is InChI=1S/C81H129N25O15/c1-45(2)40-61-74(115)99-59(30-36-87)73(114)95-55(24-13-33-84)70(111)94-54(22-9-11-31-82)69(110)96-57(26-15-37-90-81(88)89)72(113)102-62(41-48-43-91-52-20-7-5-18-50(48)52)75(116)97-56(25-14-34-85)71(112)98-58(29-35-86)68(109)93-46(3)67(108)100-60(23-10-12-32-83)79(120)106-39-17-28-65(106)80(121)105-38-16-27-64(105)77(118)104-66(47(4)107)78(119)103-63(76(117)101-61)42-49-44-92-53-21-8-6-19-51(49)53/h5-8,18-21,43-47,54-66,91-92,107H,9-17,22-42,82-87H2,1-4H3,(H,93,109)(H,94,111)(H,95,114)(H,96,110)(H,97,116)(H,98,112)(H,99,115)(H,100,108)(H,101,117)(H,102,113)(H,103,119)(H,104,118)(H4,88,89,90)/t46-,47+,54+,55-,56-,57-,58-,59-,60-,61-,62-,63-,64-,65+,66-/m0/s1. The summed E-state index contributed by atoms with van der Waals surface area (Å²) >= 11 is 0. The van der Waals surface area contributed by atoms with Crippen molar-refractivity contribution < 1.29 is 72.2 Å². The first-order chi connectivity index (χ1) is 57.9. The third-order valence-electron chi connectivity index (χ3n) is 21.8. The van der Waals surface area contributed by atoms with Crippen LogP contribution in [0.15, 0.2) is 65.9 Å². The molecule has 4 aromatic rings. The number of aromatic nitrogens is 2. The van der Waals surface area contributed by atoms with Crippen LogP contribution < -0.4 is 110 Å².